The van der Waals surface area contributed by atoms with Crippen LogP contribution in [0.1, 0.15) is 26.2 Å². The molecule has 6 heteroatoms. The van der Waals surface area contributed by atoms with Crippen LogP contribution in [-0.4, -0.2) is 54.5 Å². The van der Waals surface area contributed by atoms with Crippen molar-refractivity contribution < 1.29 is 4.79 Å². The van der Waals surface area contributed by atoms with Gasteiger partial charge in [-0.15, -0.1) is 0 Å². The van der Waals surface area contributed by atoms with Crippen molar-refractivity contribution in [2.75, 3.05) is 37.7 Å². The summed E-state index contributed by atoms with van der Waals surface area (Å²) in [5.74, 6) is 1.56. The maximum Gasteiger partial charge on any atom is 0.240 e. The lowest BCUT2D eigenvalue weighted by molar-refractivity contribution is -0.132. The van der Waals surface area contributed by atoms with Crippen LogP contribution >= 0.6 is 11.8 Å². The van der Waals surface area contributed by atoms with Gasteiger partial charge < -0.3 is 22.1 Å². The van der Waals surface area contributed by atoms with E-state index in [-0.39, 0.29) is 5.91 Å². The third kappa shape index (κ3) is 9.36. The summed E-state index contributed by atoms with van der Waals surface area (Å²) in [4.78, 5) is 14.1. The average molecular weight is 302 g/mol. The highest BCUT2D eigenvalue weighted by Gasteiger charge is 2.19. The van der Waals surface area contributed by atoms with E-state index in [9.17, 15) is 4.79 Å². The molecule has 0 aromatic heterocycles. The molecule has 0 rings (SSSR count). The fourth-order valence-electron chi connectivity index (χ4n) is 1.70. The van der Waals surface area contributed by atoms with Gasteiger partial charge in [0.15, 0.2) is 0 Å². The molecule has 0 aliphatic rings. The minimum Gasteiger partial charge on any atom is -0.341 e. The number of hydrogen-bond donors (Lipinski definition) is 3. The Morgan fingerprint density at radius 2 is 1.80 bits per heavy atom. The highest BCUT2D eigenvalue weighted by molar-refractivity contribution is 7.99. The van der Waals surface area contributed by atoms with Gasteiger partial charge in [0.25, 0.3) is 0 Å². The number of amides is 1. The number of rotatable bonds is 12. The van der Waals surface area contributed by atoms with Gasteiger partial charge in [-0.3, -0.25) is 4.79 Å². The van der Waals surface area contributed by atoms with Crippen molar-refractivity contribution >= 4 is 17.7 Å². The number of carbonyl (C=O) groups excluding carboxylic acids is 1. The summed E-state index contributed by atoms with van der Waals surface area (Å²) in [6.45, 7) is 4.60. The van der Waals surface area contributed by atoms with Gasteiger partial charge >= 0.3 is 0 Å². The lowest BCUT2D eigenvalue weighted by Gasteiger charge is -2.25. The van der Waals surface area contributed by atoms with Crippen LogP contribution < -0.4 is 17.2 Å². The summed E-state index contributed by atoms with van der Waals surface area (Å²) in [6.07, 6.45) is 6.87. The quantitative estimate of drug-likeness (QED) is 0.361. The monoisotopic (exact) mass is 302 g/mol. The SMILES string of the molecule is CC/C=C\CSC[C@@H](N)C(=O)N(CCCN)CCCN. The summed E-state index contributed by atoms with van der Waals surface area (Å²) in [7, 11) is 0. The first-order valence-electron chi connectivity index (χ1n) is 7.34. The Kier molecular flexibility index (Phi) is 13.0. The number of nitrogens with zero attached hydrogens (tertiary/aromatic N) is 1. The van der Waals surface area contributed by atoms with Crippen molar-refractivity contribution in [3.8, 4) is 0 Å². The predicted octanol–water partition coefficient (Wildman–Crippen LogP) is 0.539. The van der Waals surface area contributed by atoms with Gasteiger partial charge in [-0.05, 0) is 32.4 Å². The number of allylic oxidation sites excluding steroid dienone is 1. The van der Waals surface area contributed by atoms with Crippen molar-refractivity contribution in [3.63, 3.8) is 0 Å². The van der Waals surface area contributed by atoms with Crippen LogP contribution in [0.25, 0.3) is 0 Å². The van der Waals surface area contributed by atoms with Gasteiger partial charge in [-0.1, -0.05) is 19.1 Å². The van der Waals surface area contributed by atoms with Crippen molar-refractivity contribution in [2.45, 2.75) is 32.2 Å². The summed E-state index contributed by atoms with van der Waals surface area (Å²) in [5, 5.41) is 0. The van der Waals surface area contributed by atoms with Gasteiger partial charge in [0.05, 0.1) is 6.04 Å². The normalized spacial score (nSPS) is 12.8. The lowest BCUT2D eigenvalue weighted by atomic mass is 10.2. The zero-order valence-electron chi connectivity index (χ0n) is 12.6. The van der Waals surface area contributed by atoms with E-state index in [2.05, 4.69) is 19.1 Å². The standard InChI is InChI=1S/C14H30N4OS/c1-2-3-4-11-20-12-13(17)14(19)18(9-5-7-15)10-6-8-16/h3-4,13H,2,5-12,15-17H2,1H3/b4-3-/t13-/m1/s1. The maximum absolute atomic E-state index is 12.3. The van der Waals surface area contributed by atoms with Crippen LogP contribution in [-0.2, 0) is 4.79 Å². The van der Waals surface area contributed by atoms with E-state index < -0.39 is 6.04 Å². The molecule has 0 saturated heterocycles. The minimum absolute atomic E-state index is 0.0128. The molecule has 118 valence electrons. The molecule has 0 aliphatic heterocycles. The van der Waals surface area contributed by atoms with E-state index in [1.807, 2.05) is 0 Å². The van der Waals surface area contributed by atoms with E-state index in [4.69, 9.17) is 17.2 Å². The first kappa shape index (κ1) is 19.4. The molecular weight excluding hydrogens is 272 g/mol. The van der Waals surface area contributed by atoms with Crippen LogP contribution in [0.15, 0.2) is 12.2 Å². The molecule has 6 N–H and O–H groups in total. The average Bonchev–Trinajstić information content (AvgIpc) is 2.46. The topological polar surface area (TPSA) is 98.4 Å². The third-order valence-corrected chi connectivity index (χ3v) is 3.83. The van der Waals surface area contributed by atoms with Crippen LogP contribution in [0.2, 0.25) is 0 Å². The van der Waals surface area contributed by atoms with Gasteiger partial charge in [-0.25, -0.2) is 0 Å². The van der Waals surface area contributed by atoms with E-state index in [1.165, 1.54) is 0 Å². The molecule has 0 aromatic rings. The molecule has 0 radical (unpaired) electrons. The Bertz CT molecular complexity index is 266. The largest absolute Gasteiger partial charge is 0.341 e. The molecule has 0 heterocycles. The van der Waals surface area contributed by atoms with Crippen LogP contribution in [0.4, 0.5) is 0 Å². The van der Waals surface area contributed by atoms with Gasteiger partial charge in [0.1, 0.15) is 0 Å². The van der Waals surface area contributed by atoms with Gasteiger partial charge in [-0.2, -0.15) is 11.8 Å². The Hall–Kier alpha value is -0.560. The second-order valence-corrected chi connectivity index (χ2v) is 5.71. The fraction of sp³-hybridized carbons (Fsp3) is 0.786. The van der Waals surface area contributed by atoms with Crippen LogP contribution in [0.3, 0.4) is 0 Å². The van der Waals surface area contributed by atoms with E-state index in [0.29, 0.717) is 31.9 Å². The van der Waals surface area contributed by atoms with Gasteiger partial charge in [0.2, 0.25) is 5.91 Å². The van der Waals surface area contributed by atoms with Crippen LogP contribution in [0.5, 0.6) is 0 Å². The number of nitrogens with two attached hydrogens (primary N) is 3. The first-order chi connectivity index (χ1) is 9.67. The van der Waals surface area contributed by atoms with Crippen molar-refractivity contribution in [1.82, 2.24) is 4.90 Å². The minimum atomic E-state index is -0.439. The Labute approximate surface area is 127 Å². The van der Waals surface area contributed by atoms with Gasteiger partial charge in [0, 0.05) is 24.6 Å². The molecule has 1 amide bonds. The van der Waals surface area contributed by atoms with E-state index in [1.54, 1.807) is 16.7 Å². The zero-order valence-corrected chi connectivity index (χ0v) is 13.4. The maximum atomic E-state index is 12.3. The van der Waals surface area contributed by atoms with E-state index in [0.717, 1.165) is 25.0 Å². The molecule has 20 heavy (non-hydrogen) atoms. The summed E-state index contributed by atoms with van der Waals surface area (Å²) < 4.78 is 0. The highest BCUT2D eigenvalue weighted by atomic mass is 32.2. The molecule has 0 bridgehead atoms. The number of carbonyl (C=O) groups is 1. The first-order valence-corrected chi connectivity index (χ1v) is 8.50. The number of hydrogen-bond acceptors (Lipinski definition) is 5. The summed E-state index contributed by atoms with van der Waals surface area (Å²) >= 11 is 1.69. The Morgan fingerprint density at radius 3 is 2.30 bits per heavy atom. The van der Waals surface area contributed by atoms with Crippen molar-refractivity contribution in [1.29, 1.82) is 0 Å². The zero-order chi connectivity index (χ0) is 15.2. The molecule has 1 atom stereocenters. The van der Waals surface area contributed by atoms with Crippen molar-refractivity contribution in [3.05, 3.63) is 12.2 Å². The lowest BCUT2D eigenvalue weighted by Crippen LogP contribution is -2.46. The summed E-state index contributed by atoms with van der Waals surface area (Å²) in [6, 6.07) is -0.439. The fourth-order valence-corrected chi connectivity index (χ4v) is 2.50. The Balaban J connectivity index is 4.13. The molecule has 0 saturated carbocycles. The molecule has 0 spiro atoms. The molecule has 0 aromatic carbocycles. The third-order valence-electron chi connectivity index (χ3n) is 2.81. The summed E-state index contributed by atoms with van der Waals surface area (Å²) in [5.41, 5.74) is 17.0. The highest BCUT2D eigenvalue weighted by Crippen LogP contribution is 2.06. The van der Waals surface area contributed by atoms with E-state index >= 15 is 0 Å². The molecular formula is C14H30N4OS. The van der Waals surface area contributed by atoms with Crippen molar-refractivity contribution in [2.24, 2.45) is 17.2 Å². The predicted molar refractivity (Wildman–Crippen MR) is 88.7 cm³/mol. The smallest absolute Gasteiger partial charge is 0.240 e. The molecule has 0 unspecified atom stereocenters. The second kappa shape index (κ2) is 13.4. The van der Waals surface area contributed by atoms with Crippen LogP contribution in [0, 0.1) is 0 Å². The second-order valence-electron chi connectivity index (χ2n) is 4.63. The Morgan fingerprint density at radius 1 is 1.20 bits per heavy atom. The molecule has 5 nitrogen and oxygen atoms in total. The molecule has 0 fully saturated rings. The number of thioether (sulfide) groups is 1. The molecule has 0 aliphatic carbocycles.